The molecule has 0 aliphatic heterocycles. The zero-order valence-electron chi connectivity index (χ0n) is 9.23. The smallest absolute Gasteiger partial charge is 0.137 e. The van der Waals surface area contributed by atoms with E-state index < -0.39 is 5.97 Å². The van der Waals surface area contributed by atoms with Crippen molar-refractivity contribution < 1.29 is 14.8 Å². The highest BCUT2D eigenvalue weighted by Gasteiger charge is 2.14. The van der Waals surface area contributed by atoms with Crippen LogP contribution in [0.25, 0.3) is 5.65 Å². The third kappa shape index (κ3) is 1.77. The molecule has 0 saturated carbocycles. The third-order valence-corrected chi connectivity index (χ3v) is 2.34. The van der Waals surface area contributed by atoms with Crippen molar-refractivity contribution >= 4 is 11.6 Å². The molecular weight excluding hydrogens is 206 g/mol. The minimum absolute atomic E-state index is 0.0346. The molecule has 0 aliphatic rings. The lowest BCUT2D eigenvalue weighted by Crippen LogP contribution is -3.04. The quantitative estimate of drug-likeness (QED) is 0.672. The molecule has 0 amide bonds. The summed E-state index contributed by atoms with van der Waals surface area (Å²) in [5.41, 5.74) is 1.35. The summed E-state index contributed by atoms with van der Waals surface area (Å²) in [6, 6.07) is 5.46. The van der Waals surface area contributed by atoms with E-state index in [1.54, 1.807) is 10.5 Å². The number of nitrogens with one attached hydrogen (secondary N) is 1. The van der Waals surface area contributed by atoms with Gasteiger partial charge in [0.25, 0.3) is 0 Å². The number of carboxylic acid groups (broad SMARTS) is 1. The van der Waals surface area contributed by atoms with Crippen molar-refractivity contribution in [2.45, 2.75) is 6.54 Å². The maximum absolute atomic E-state index is 11.0. The molecule has 0 fully saturated rings. The first-order valence-corrected chi connectivity index (χ1v) is 5.06. The number of pyridine rings is 1. The molecule has 2 heterocycles. The minimum Gasteiger partial charge on any atom is -0.543 e. The fraction of sp³-hybridized carbons (Fsp3) is 0.273. The fourth-order valence-corrected chi connectivity index (χ4v) is 1.71. The van der Waals surface area contributed by atoms with Crippen molar-refractivity contribution in [3.8, 4) is 0 Å². The van der Waals surface area contributed by atoms with E-state index in [1.165, 1.54) is 0 Å². The topological polar surface area (TPSA) is 61.9 Å². The Hall–Kier alpha value is -1.88. The molecule has 0 unspecified atom stereocenters. The van der Waals surface area contributed by atoms with Crippen LogP contribution in [-0.4, -0.2) is 29.4 Å². The van der Waals surface area contributed by atoms with E-state index in [9.17, 15) is 9.90 Å². The zero-order chi connectivity index (χ0) is 11.7. The van der Waals surface area contributed by atoms with Crippen molar-refractivity contribution in [1.82, 2.24) is 9.38 Å². The fourth-order valence-electron chi connectivity index (χ4n) is 1.71. The van der Waals surface area contributed by atoms with Crippen LogP contribution in [-0.2, 0) is 6.54 Å². The van der Waals surface area contributed by atoms with Crippen LogP contribution in [0.2, 0.25) is 0 Å². The van der Waals surface area contributed by atoms with Gasteiger partial charge < -0.3 is 14.8 Å². The molecule has 2 aromatic heterocycles. The highest BCUT2D eigenvalue weighted by molar-refractivity contribution is 5.86. The van der Waals surface area contributed by atoms with Crippen molar-refractivity contribution in [1.29, 1.82) is 0 Å². The van der Waals surface area contributed by atoms with E-state index in [4.69, 9.17) is 0 Å². The standard InChI is InChI=1S/C11H13N3O2/c1-13(2)7-8-10(11(15)16)12-9-5-3-4-6-14(8)9/h3-6H,7H2,1-2H3,(H,15,16). The van der Waals surface area contributed by atoms with Gasteiger partial charge in [-0.25, -0.2) is 4.98 Å². The van der Waals surface area contributed by atoms with Crippen LogP contribution in [0.3, 0.4) is 0 Å². The van der Waals surface area contributed by atoms with Crippen LogP contribution in [0.5, 0.6) is 0 Å². The zero-order valence-corrected chi connectivity index (χ0v) is 9.23. The summed E-state index contributed by atoms with van der Waals surface area (Å²) in [6.07, 6.45) is 1.81. The first kappa shape index (κ1) is 10.6. The van der Waals surface area contributed by atoms with Gasteiger partial charge in [0, 0.05) is 6.20 Å². The normalized spacial score (nSPS) is 11.2. The molecule has 0 spiro atoms. The first-order valence-electron chi connectivity index (χ1n) is 5.06. The summed E-state index contributed by atoms with van der Waals surface area (Å²) in [6.45, 7) is 0.592. The Kier molecular flexibility index (Phi) is 2.62. The maximum Gasteiger partial charge on any atom is 0.137 e. The number of hydrogen-bond donors (Lipinski definition) is 1. The summed E-state index contributed by atoms with van der Waals surface area (Å²) in [4.78, 5) is 16.2. The Morgan fingerprint density at radius 3 is 2.88 bits per heavy atom. The van der Waals surface area contributed by atoms with Gasteiger partial charge in [-0.15, -0.1) is 0 Å². The molecule has 84 valence electrons. The van der Waals surface area contributed by atoms with E-state index >= 15 is 0 Å². The van der Waals surface area contributed by atoms with E-state index in [0.717, 1.165) is 4.90 Å². The average Bonchev–Trinajstić information content (AvgIpc) is 2.57. The van der Waals surface area contributed by atoms with Crippen molar-refractivity contribution in [2.24, 2.45) is 0 Å². The van der Waals surface area contributed by atoms with Crippen LogP contribution in [0.4, 0.5) is 0 Å². The van der Waals surface area contributed by atoms with E-state index in [0.29, 0.717) is 17.9 Å². The van der Waals surface area contributed by atoms with Crippen molar-refractivity contribution in [3.63, 3.8) is 0 Å². The second-order valence-electron chi connectivity index (χ2n) is 4.01. The molecule has 5 nitrogen and oxygen atoms in total. The highest BCUT2D eigenvalue weighted by Crippen LogP contribution is 2.10. The number of rotatable bonds is 3. The highest BCUT2D eigenvalue weighted by atomic mass is 16.4. The second kappa shape index (κ2) is 3.94. The number of carbonyl (C=O) groups excluding carboxylic acids is 1. The summed E-state index contributed by atoms with van der Waals surface area (Å²) >= 11 is 0. The Morgan fingerprint density at radius 1 is 1.50 bits per heavy atom. The van der Waals surface area contributed by atoms with Gasteiger partial charge in [-0.3, -0.25) is 4.40 Å². The molecule has 0 radical (unpaired) electrons. The molecule has 2 rings (SSSR count). The molecule has 2 aromatic rings. The molecule has 16 heavy (non-hydrogen) atoms. The molecule has 0 aliphatic carbocycles. The number of carbonyl (C=O) groups is 1. The average molecular weight is 219 g/mol. The number of aromatic carboxylic acids is 1. The molecule has 0 bridgehead atoms. The second-order valence-corrected chi connectivity index (χ2v) is 4.01. The number of quaternary nitrogens is 1. The third-order valence-electron chi connectivity index (χ3n) is 2.34. The Labute approximate surface area is 92.9 Å². The molecule has 1 N–H and O–H groups in total. The van der Waals surface area contributed by atoms with Crippen molar-refractivity contribution in [3.05, 3.63) is 35.8 Å². The lowest BCUT2D eigenvalue weighted by atomic mass is 10.3. The predicted molar refractivity (Wildman–Crippen MR) is 56.0 cm³/mol. The van der Waals surface area contributed by atoms with Gasteiger partial charge in [0.05, 0.1) is 20.1 Å². The maximum atomic E-state index is 11.0. The number of carboxylic acids is 1. The predicted octanol–water partition coefficient (Wildman–Crippen LogP) is -1.66. The molecule has 0 atom stereocenters. The largest absolute Gasteiger partial charge is 0.543 e. The molecular formula is C11H13N3O2. The van der Waals surface area contributed by atoms with Gasteiger partial charge in [0.15, 0.2) is 0 Å². The van der Waals surface area contributed by atoms with Gasteiger partial charge in [-0.1, -0.05) is 6.07 Å². The monoisotopic (exact) mass is 219 g/mol. The summed E-state index contributed by atoms with van der Waals surface area (Å²) in [7, 11) is 3.92. The Bertz CT molecular complexity index is 531. The van der Waals surface area contributed by atoms with Gasteiger partial charge >= 0.3 is 0 Å². The lowest BCUT2D eigenvalue weighted by Gasteiger charge is -2.09. The minimum atomic E-state index is -1.22. The first-order chi connectivity index (χ1) is 7.59. The van der Waals surface area contributed by atoms with E-state index in [-0.39, 0.29) is 5.69 Å². The number of fused-ring (bicyclic) bond motifs is 1. The van der Waals surface area contributed by atoms with E-state index in [2.05, 4.69) is 4.98 Å². The van der Waals surface area contributed by atoms with Crippen molar-refractivity contribution in [2.75, 3.05) is 14.1 Å². The Morgan fingerprint density at radius 2 is 2.25 bits per heavy atom. The van der Waals surface area contributed by atoms with Crippen LogP contribution < -0.4 is 10.0 Å². The van der Waals surface area contributed by atoms with E-state index in [1.807, 2.05) is 32.4 Å². The molecule has 5 heteroatoms. The summed E-state index contributed by atoms with van der Waals surface area (Å²) in [5, 5.41) is 11.0. The van der Waals surface area contributed by atoms with Crippen LogP contribution in [0.15, 0.2) is 24.4 Å². The van der Waals surface area contributed by atoms with Gasteiger partial charge in [-0.2, -0.15) is 0 Å². The number of nitrogens with zero attached hydrogens (tertiary/aromatic N) is 2. The summed E-state index contributed by atoms with van der Waals surface area (Å²) in [5.74, 6) is -1.22. The van der Waals surface area contributed by atoms with Crippen LogP contribution in [0, 0.1) is 0 Å². The van der Waals surface area contributed by atoms with Gasteiger partial charge in [0.1, 0.15) is 23.6 Å². The van der Waals surface area contributed by atoms with Gasteiger partial charge in [-0.05, 0) is 12.1 Å². The SMILES string of the molecule is C[NH+](C)Cc1c(C(=O)[O-])nc2ccccn12. The number of imidazole rings is 1. The Balaban J connectivity index is 2.64. The molecule has 0 aromatic carbocycles. The lowest BCUT2D eigenvalue weighted by molar-refractivity contribution is -0.873. The molecule has 0 saturated heterocycles. The van der Waals surface area contributed by atoms with Crippen LogP contribution in [0.1, 0.15) is 16.2 Å². The van der Waals surface area contributed by atoms with Crippen LogP contribution >= 0.6 is 0 Å². The summed E-state index contributed by atoms with van der Waals surface area (Å²) < 4.78 is 1.79. The number of hydrogen-bond acceptors (Lipinski definition) is 3. The number of aromatic nitrogens is 2. The van der Waals surface area contributed by atoms with Gasteiger partial charge in [0.2, 0.25) is 0 Å².